The molecule has 0 saturated carbocycles. The Morgan fingerprint density at radius 3 is 1.17 bits per heavy atom. The lowest BCUT2D eigenvalue weighted by Crippen LogP contribution is -2.39. The number of unbranched alkanes of at least 4 members (excludes halogenated alkanes) is 10. The molecule has 0 heterocycles. The minimum atomic E-state index is -0.00987. The van der Waals surface area contributed by atoms with Crippen LogP contribution in [0.5, 0.6) is 0 Å². The molecule has 0 spiro atoms. The summed E-state index contributed by atoms with van der Waals surface area (Å²) in [4.78, 5) is 0. The van der Waals surface area contributed by atoms with Gasteiger partial charge in [0.05, 0.1) is 0 Å². The Morgan fingerprint density at radius 2 is 0.862 bits per heavy atom. The summed E-state index contributed by atoms with van der Waals surface area (Å²) >= 11 is 0. The van der Waals surface area contributed by atoms with Gasteiger partial charge in [0.15, 0.2) is 0 Å². The summed E-state index contributed by atoms with van der Waals surface area (Å²) in [6.07, 6.45) is 18.3. The topological polar surface area (TPSA) is 31.2 Å². The normalized spacial score (nSPS) is 13.1. The fourth-order valence-corrected chi connectivity index (χ4v) is 4.32. The van der Waals surface area contributed by atoms with Crippen molar-refractivity contribution in [1.82, 2.24) is 10.0 Å². The average molecular weight is 409 g/mol. The zero-order valence-corrected chi connectivity index (χ0v) is 21.2. The molecule has 0 atom stereocenters. The van der Waals surface area contributed by atoms with Crippen molar-refractivity contribution in [3.63, 3.8) is 0 Å². The standard InChI is InChI=1S/C25H52N4/c1-9-11-13-15-17-19-21-25(23(3)26-28(5)6,24(4)27-29(7)8)22-20-18-16-14-12-10-2/h9-22H2,1-8H3/b26-23+,27-24+. The Balaban J connectivity index is 5.35. The van der Waals surface area contributed by atoms with Crippen LogP contribution in [0.15, 0.2) is 10.2 Å². The Bertz CT molecular complexity index is 410. The molecule has 172 valence electrons. The van der Waals surface area contributed by atoms with Crippen molar-refractivity contribution in [3.05, 3.63) is 0 Å². The molecule has 0 amide bonds. The first-order chi connectivity index (χ1) is 13.8. The summed E-state index contributed by atoms with van der Waals surface area (Å²) in [7, 11) is 8.12. The van der Waals surface area contributed by atoms with Gasteiger partial charge in [-0.3, -0.25) is 0 Å². The van der Waals surface area contributed by atoms with Crippen LogP contribution in [0.25, 0.3) is 0 Å². The second-order valence-electron chi connectivity index (χ2n) is 9.18. The predicted octanol–water partition coefficient (Wildman–Crippen LogP) is 7.35. The predicted molar refractivity (Wildman–Crippen MR) is 132 cm³/mol. The van der Waals surface area contributed by atoms with Gasteiger partial charge in [-0.2, -0.15) is 10.2 Å². The molecule has 0 aliphatic carbocycles. The summed E-state index contributed by atoms with van der Waals surface area (Å²) in [5.74, 6) is 0. The van der Waals surface area contributed by atoms with Crippen LogP contribution in [0.1, 0.15) is 118 Å². The molecular formula is C25H52N4. The highest BCUT2D eigenvalue weighted by Crippen LogP contribution is 2.36. The van der Waals surface area contributed by atoms with Gasteiger partial charge in [0.25, 0.3) is 0 Å². The first kappa shape index (κ1) is 27.9. The lowest BCUT2D eigenvalue weighted by molar-refractivity contribution is 0.377. The maximum absolute atomic E-state index is 4.89. The van der Waals surface area contributed by atoms with E-state index < -0.39 is 0 Å². The third-order valence-corrected chi connectivity index (χ3v) is 6.00. The van der Waals surface area contributed by atoms with Crippen molar-refractivity contribution < 1.29 is 0 Å². The molecule has 29 heavy (non-hydrogen) atoms. The zero-order valence-electron chi connectivity index (χ0n) is 21.2. The molecule has 0 N–H and O–H groups in total. The monoisotopic (exact) mass is 408 g/mol. The van der Waals surface area contributed by atoms with E-state index in [0.717, 1.165) is 0 Å². The van der Waals surface area contributed by atoms with Crippen molar-refractivity contribution >= 4 is 11.4 Å². The molecule has 0 aliphatic heterocycles. The highest BCUT2D eigenvalue weighted by Gasteiger charge is 2.36. The average Bonchev–Trinajstić information content (AvgIpc) is 2.64. The minimum absolute atomic E-state index is 0.00987. The summed E-state index contributed by atoms with van der Waals surface area (Å²) in [5.41, 5.74) is 2.45. The number of nitrogens with zero attached hydrogens (tertiary/aromatic N) is 4. The summed E-state index contributed by atoms with van der Waals surface area (Å²) in [6.45, 7) is 9.02. The van der Waals surface area contributed by atoms with Crippen molar-refractivity contribution in [2.45, 2.75) is 118 Å². The number of rotatable bonds is 18. The molecule has 0 saturated heterocycles. The first-order valence-corrected chi connectivity index (χ1v) is 12.3. The molecule has 4 heteroatoms. The van der Waals surface area contributed by atoms with Crippen LogP contribution in [0, 0.1) is 5.41 Å². The molecular weight excluding hydrogens is 356 g/mol. The van der Waals surface area contributed by atoms with E-state index in [2.05, 4.69) is 27.7 Å². The lowest BCUT2D eigenvalue weighted by Gasteiger charge is -2.35. The van der Waals surface area contributed by atoms with Gasteiger partial charge in [0.1, 0.15) is 0 Å². The Hall–Kier alpha value is -1.06. The van der Waals surface area contributed by atoms with E-state index in [-0.39, 0.29) is 5.41 Å². The second kappa shape index (κ2) is 16.7. The van der Waals surface area contributed by atoms with E-state index >= 15 is 0 Å². The van der Waals surface area contributed by atoms with Crippen LogP contribution in [0.4, 0.5) is 0 Å². The lowest BCUT2D eigenvalue weighted by atomic mass is 9.71. The Morgan fingerprint density at radius 1 is 0.552 bits per heavy atom. The number of hydrazone groups is 2. The van der Waals surface area contributed by atoms with E-state index in [9.17, 15) is 0 Å². The fourth-order valence-electron chi connectivity index (χ4n) is 4.32. The summed E-state index contributed by atoms with van der Waals surface area (Å²) in [5, 5.41) is 13.7. The largest absolute Gasteiger partial charge is 0.303 e. The van der Waals surface area contributed by atoms with Gasteiger partial charge >= 0.3 is 0 Å². The van der Waals surface area contributed by atoms with Crippen LogP contribution < -0.4 is 0 Å². The van der Waals surface area contributed by atoms with Crippen LogP contribution in [0.2, 0.25) is 0 Å². The van der Waals surface area contributed by atoms with E-state index in [0.29, 0.717) is 0 Å². The SMILES string of the molecule is CCCCCCCCC(CCCCCCCC)(/C(C)=N/N(C)C)/C(C)=N/N(C)C. The summed E-state index contributed by atoms with van der Waals surface area (Å²) < 4.78 is 0. The molecule has 0 fully saturated rings. The van der Waals surface area contributed by atoms with Crippen LogP contribution in [0.3, 0.4) is 0 Å². The van der Waals surface area contributed by atoms with E-state index in [1.165, 1.54) is 101 Å². The van der Waals surface area contributed by atoms with Gasteiger partial charge < -0.3 is 10.0 Å². The Kier molecular flexibility index (Phi) is 16.1. The summed E-state index contributed by atoms with van der Waals surface area (Å²) in [6, 6.07) is 0. The second-order valence-corrected chi connectivity index (χ2v) is 9.18. The first-order valence-electron chi connectivity index (χ1n) is 12.3. The minimum Gasteiger partial charge on any atom is -0.303 e. The van der Waals surface area contributed by atoms with Gasteiger partial charge in [-0.05, 0) is 26.7 Å². The maximum atomic E-state index is 4.89. The molecule has 0 aromatic rings. The molecule has 0 aromatic heterocycles. The molecule has 0 rings (SSSR count). The number of hydrogen-bond donors (Lipinski definition) is 0. The molecule has 0 aliphatic rings. The maximum Gasteiger partial charge on any atom is 0.0499 e. The number of hydrogen-bond acceptors (Lipinski definition) is 4. The fraction of sp³-hybridized carbons (Fsp3) is 0.920. The van der Waals surface area contributed by atoms with Crippen molar-refractivity contribution in [3.8, 4) is 0 Å². The Labute approximate surface area is 183 Å². The molecule has 0 bridgehead atoms. The van der Waals surface area contributed by atoms with E-state index in [1.807, 2.05) is 38.2 Å². The van der Waals surface area contributed by atoms with Gasteiger partial charge in [-0.1, -0.05) is 90.9 Å². The van der Waals surface area contributed by atoms with Crippen LogP contribution in [-0.4, -0.2) is 49.6 Å². The highest BCUT2D eigenvalue weighted by atomic mass is 15.4. The van der Waals surface area contributed by atoms with Gasteiger partial charge in [-0.25, -0.2) is 0 Å². The van der Waals surface area contributed by atoms with Gasteiger partial charge in [-0.15, -0.1) is 0 Å². The quantitative estimate of drug-likeness (QED) is 0.135. The third kappa shape index (κ3) is 12.3. The van der Waals surface area contributed by atoms with Crippen LogP contribution in [-0.2, 0) is 0 Å². The van der Waals surface area contributed by atoms with Crippen LogP contribution >= 0.6 is 0 Å². The van der Waals surface area contributed by atoms with E-state index in [1.54, 1.807) is 0 Å². The van der Waals surface area contributed by atoms with Crippen molar-refractivity contribution in [2.24, 2.45) is 15.6 Å². The molecule has 0 aromatic carbocycles. The van der Waals surface area contributed by atoms with E-state index in [4.69, 9.17) is 10.2 Å². The highest BCUT2D eigenvalue weighted by molar-refractivity contribution is 6.09. The molecule has 0 unspecified atom stereocenters. The molecule has 4 nitrogen and oxygen atoms in total. The smallest absolute Gasteiger partial charge is 0.0499 e. The third-order valence-electron chi connectivity index (χ3n) is 6.00. The van der Waals surface area contributed by atoms with Crippen molar-refractivity contribution in [2.75, 3.05) is 28.2 Å². The van der Waals surface area contributed by atoms with Crippen molar-refractivity contribution in [1.29, 1.82) is 0 Å². The molecule has 0 radical (unpaired) electrons. The van der Waals surface area contributed by atoms with Gasteiger partial charge in [0, 0.05) is 45.0 Å². The van der Waals surface area contributed by atoms with Gasteiger partial charge in [0.2, 0.25) is 0 Å². The zero-order chi connectivity index (χ0) is 22.1.